The Labute approximate surface area is 114 Å². The van der Waals surface area contributed by atoms with Crippen molar-refractivity contribution in [1.82, 2.24) is 15.2 Å². The van der Waals surface area contributed by atoms with Crippen LogP contribution in [-0.2, 0) is 6.54 Å². The number of hydrogen-bond acceptors (Lipinski definition) is 3. The topological polar surface area (TPSA) is 66.5 Å². The van der Waals surface area contributed by atoms with Gasteiger partial charge in [0.1, 0.15) is 0 Å². The predicted molar refractivity (Wildman–Crippen MR) is 77.8 cm³/mol. The summed E-state index contributed by atoms with van der Waals surface area (Å²) in [4.78, 5) is 11.0. The molecule has 5 heteroatoms. The molecule has 1 aliphatic rings. The van der Waals surface area contributed by atoms with Gasteiger partial charge in [-0.05, 0) is 38.1 Å². The SMILES string of the molecule is CCN1CCCC1CNC(N)=NCc1ccccn1. The van der Waals surface area contributed by atoms with Gasteiger partial charge in [-0.1, -0.05) is 13.0 Å². The van der Waals surface area contributed by atoms with E-state index in [9.17, 15) is 0 Å². The number of hydrogen-bond donors (Lipinski definition) is 2. The maximum atomic E-state index is 5.88. The Kier molecular flexibility index (Phi) is 5.15. The second-order valence-electron chi connectivity index (χ2n) is 4.83. The fourth-order valence-electron chi connectivity index (χ4n) is 2.48. The first-order valence-corrected chi connectivity index (χ1v) is 6.97. The summed E-state index contributed by atoms with van der Waals surface area (Å²) in [5, 5.41) is 3.22. The van der Waals surface area contributed by atoms with Crippen LogP contribution in [0.15, 0.2) is 29.4 Å². The van der Waals surface area contributed by atoms with Crippen molar-refractivity contribution in [2.75, 3.05) is 19.6 Å². The first-order valence-electron chi connectivity index (χ1n) is 6.97. The van der Waals surface area contributed by atoms with Gasteiger partial charge in [0.15, 0.2) is 5.96 Å². The number of pyridine rings is 1. The van der Waals surface area contributed by atoms with E-state index in [-0.39, 0.29) is 0 Å². The van der Waals surface area contributed by atoms with Gasteiger partial charge in [0.05, 0.1) is 12.2 Å². The minimum atomic E-state index is 0.508. The van der Waals surface area contributed by atoms with Crippen LogP contribution in [-0.4, -0.2) is 41.5 Å². The van der Waals surface area contributed by atoms with Crippen LogP contribution in [0, 0.1) is 0 Å². The third kappa shape index (κ3) is 4.21. The number of aromatic nitrogens is 1. The first-order chi connectivity index (χ1) is 9.29. The lowest BCUT2D eigenvalue weighted by Gasteiger charge is -2.23. The molecule has 3 N–H and O–H groups in total. The lowest BCUT2D eigenvalue weighted by atomic mass is 10.2. The molecule has 0 radical (unpaired) electrons. The predicted octanol–water partition coefficient (Wildman–Crippen LogP) is 0.970. The van der Waals surface area contributed by atoms with E-state index in [1.807, 2.05) is 18.2 Å². The van der Waals surface area contributed by atoms with Crippen molar-refractivity contribution in [2.45, 2.75) is 32.4 Å². The smallest absolute Gasteiger partial charge is 0.189 e. The lowest BCUT2D eigenvalue weighted by molar-refractivity contribution is 0.267. The summed E-state index contributed by atoms with van der Waals surface area (Å²) in [5.41, 5.74) is 6.81. The summed E-state index contributed by atoms with van der Waals surface area (Å²) in [6, 6.07) is 6.40. The number of aliphatic imine (C=N–C) groups is 1. The Hall–Kier alpha value is -1.62. The van der Waals surface area contributed by atoms with Crippen molar-refractivity contribution in [3.8, 4) is 0 Å². The molecule has 104 valence electrons. The molecular weight excluding hydrogens is 238 g/mol. The van der Waals surface area contributed by atoms with Crippen molar-refractivity contribution >= 4 is 5.96 Å². The molecule has 0 amide bonds. The number of likely N-dealkylation sites (N-methyl/N-ethyl adjacent to an activating group) is 1. The third-order valence-electron chi connectivity index (χ3n) is 3.56. The average Bonchev–Trinajstić information content (AvgIpc) is 2.91. The lowest BCUT2D eigenvalue weighted by Crippen LogP contribution is -2.42. The van der Waals surface area contributed by atoms with Crippen LogP contribution >= 0.6 is 0 Å². The van der Waals surface area contributed by atoms with E-state index in [1.165, 1.54) is 19.4 Å². The van der Waals surface area contributed by atoms with Gasteiger partial charge >= 0.3 is 0 Å². The molecule has 1 aromatic rings. The zero-order chi connectivity index (χ0) is 13.5. The van der Waals surface area contributed by atoms with Gasteiger partial charge in [-0.3, -0.25) is 9.88 Å². The first kappa shape index (κ1) is 13.8. The molecule has 1 aromatic heterocycles. The van der Waals surface area contributed by atoms with Crippen molar-refractivity contribution in [3.05, 3.63) is 30.1 Å². The molecule has 1 saturated heterocycles. The summed E-state index contributed by atoms with van der Waals surface area (Å²) in [6.45, 7) is 5.93. The minimum Gasteiger partial charge on any atom is -0.370 e. The normalized spacial score (nSPS) is 20.7. The van der Waals surface area contributed by atoms with E-state index in [0.29, 0.717) is 18.5 Å². The summed E-state index contributed by atoms with van der Waals surface area (Å²) < 4.78 is 0. The van der Waals surface area contributed by atoms with Gasteiger partial charge in [0.25, 0.3) is 0 Å². The summed E-state index contributed by atoms with van der Waals surface area (Å²) >= 11 is 0. The molecule has 1 aliphatic heterocycles. The number of nitrogens with two attached hydrogens (primary N) is 1. The maximum absolute atomic E-state index is 5.88. The maximum Gasteiger partial charge on any atom is 0.189 e. The fourth-order valence-corrected chi connectivity index (χ4v) is 2.48. The van der Waals surface area contributed by atoms with Gasteiger partial charge in [-0.25, -0.2) is 4.99 Å². The minimum absolute atomic E-state index is 0.508. The summed E-state index contributed by atoms with van der Waals surface area (Å²) in [7, 11) is 0. The largest absolute Gasteiger partial charge is 0.370 e. The molecule has 0 aromatic carbocycles. The monoisotopic (exact) mass is 261 g/mol. The number of likely N-dealkylation sites (tertiary alicyclic amines) is 1. The molecule has 1 atom stereocenters. The molecule has 19 heavy (non-hydrogen) atoms. The molecule has 1 fully saturated rings. The molecule has 0 aliphatic carbocycles. The van der Waals surface area contributed by atoms with Crippen LogP contribution in [0.25, 0.3) is 0 Å². The second-order valence-corrected chi connectivity index (χ2v) is 4.83. The fraction of sp³-hybridized carbons (Fsp3) is 0.571. The highest BCUT2D eigenvalue weighted by Gasteiger charge is 2.22. The van der Waals surface area contributed by atoms with Crippen LogP contribution in [0.2, 0.25) is 0 Å². The average molecular weight is 261 g/mol. The van der Waals surface area contributed by atoms with Crippen LogP contribution in [0.5, 0.6) is 0 Å². The number of nitrogens with one attached hydrogen (secondary N) is 1. The van der Waals surface area contributed by atoms with E-state index in [4.69, 9.17) is 5.73 Å². The van der Waals surface area contributed by atoms with Crippen LogP contribution in [0.1, 0.15) is 25.5 Å². The zero-order valence-electron chi connectivity index (χ0n) is 11.5. The van der Waals surface area contributed by atoms with E-state index in [1.54, 1.807) is 6.20 Å². The van der Waals surface area contributed by atoms with Crippen molar-refractivity contribution in [1.29, 1.82) is 0 Å². The Bertz CT molecular complexity index is 404. The summed E-state index contributed by atoms with van der Waals surface area (Å²) in [6.07, 6.45) is 4.30. The van der Waals surface area contributed by atoms with Crippen molar-refractivity contribution in [3.63, 3.8) is 0 Å². The van der Waals surface area contributed by atoms with E-state index < -0.39 is 0 Å². The van der Waals surface area contributed by atoms with Gasteiger partial charge in [0, 0.05) is 18.8 Å². The highest BCUT2D eigenvalue weighted by atomic mass is 15.2. The molecular formula is C14H23N5. The quantitative estimate of drug-likeness (QED) is 0.612. The molecule has 2 heterocycles. The molecule has 0 spiro atoms. The van der Waals surface area contributed by atoms with E-state index in [0.717, 1.165) is 18.8 Å². The molecule has 0 saturated carbocycles. The van der Waals surface area contributed by atoms with Gasteiger partial charge < -0.3 is 11.1 Å². The van der Waals surface area contributed by atoms with Gasteiger partial charge in [-0.2, -0.15) is 0 Å². The highest BCUT2D eigenvalue weighted by Crippen LogP contribution is 2.15. The van der Waals surface area contributed by atoms with Crippen LogP contribution in [0.4, 0.5) is 0 Å². The van der Waals surface area contributed by atoms with Gasteiger partial charge in [-0.15, -0.1) is 0 Å². The Morgan fingerprint density at radius 2 is 2.47 bits per heavy atom. The van der Waals surface area contributed by atoms with Gasteiger partial charge in [0.2, 0.25) is 0 Å². The number of rotatable bonds is 5. The van der Waals surface area contributed by atoms with E-state index in [2.05, 4.69) is 27.1 Å². The molecule has 5 nitrogen and oxygen atoms in total. The number of guanidine groups is 1. The van der Waals surface area contributed by atoms with Crippen molar-refractivity contribution < 1.29 is 0 Å². The molecule has 2 rings (SSSR count). The van der Waals surface area contributed by atoms with Crippen LogP contribution < -0.4 is 11.1 Å². The van der Waals surface area contributed by atoms with Crippen molar-refractivity contribution in [2.24, 2.45) is 10.7 Å². The zero-order valence-corrected chi connectivity index (χ0v) is 11.5. The highest BCUT2D eigenvalue weighted by molar-refractivity contribution is 5.77. The standard InChI is InChI=1S/C14H23N5/c1-2-19-9-5-7-13(19)11-18-14(15)17-10-12-6-3-4-8-16-12/h3-4,6,8,13H,2,5,7,9-11H2,1H3,(H3,15,17,18). The van der Waals surface area contributed by atoms with Crippen LogP contribution in [0.3, 0.4) is 0 Å². The Morgan fingerprint density at radius 1 is 1.58 bits per heavy atom. The number of nitrogens with zero attached hydrogens (tertiary/aromatic N) is 3. The molecule has 1 unspecified atom stereocenters. The van der Waals surface area contributed by atoms with E-state index >= 15 is 0 Å². The third-order valence-corrected chi connectivity index (χ3v) is 3.56. The Morgan fingerprint density at radius 3 is 3.21 bits per heavy atom. The Balaban J connectivity index is 1.76. The summed E-state index contributed by atoms with van der Waals surface area (Å²) in [5.74, 6) is 0.508. The molecule has 0 bridgehead atoms. The second kappa shape index (κ2) is 7.09.